The number of anilines is 1. The molecule has 0 spiro atoms. The molecule has 0 aromatic heterocycles. The summed E-state index contributed by atoms with van der Waals surface area (Å²) in [5.41, 5.74) is 2.53. The Kier molecular flexibility index (Phi) is 6.80. The molecule has 0 saturated heterocycles. The van der Waals surface area contributed by atoms with Crippen LogP contribution in [-0.2, 0) is 15.8 Å². The smallest absolute Gasteiger partial charge is 0.318 e. The van der Waals surface area contributed by atoms with Crippen molar-refractivity contribution in [2.75, 3.05) is 5.32 Å². The third-order valence-corrected chi connectivity index (χ3v) is 4.05. The van der Waals surface area contributed by atoms with Gasteiger partial charge in [-0.05, 0) is 35.2 Å². The number of nitrogens with zero attached hydrogens (tertiary/aromatic N) is 1. The molecule has 0 aliphatic heterocycles. The summed E-state index contributed by atoms with van der Waals surface area (Å²) in [5, 5.41) is 5.22. The number of halogens is 4. The molecule has 0 heterocycles. The third kappa shape index (κ3) is 5.82. The fourth-order valence-corrected chi connectivity index (χ4v) is 2.42. The number of amides is 2. The van der Waals surface area contributed by atoms with Gasteiger partial charge in [-0.25, -0.2) is 5.43 Å². The monoisotopic (exact) mass is 411 g/mol. The Bertz CT molecular complexity index is 894. The molecule has 2 aromatic carbocycles. The Morgan fingerprint density at radius 1 is 1.07 bits per heavy atom. The van der Waals surface area contributed by atoms with Crippen LogP contribution in [0.2, 0.25) is 5.02 Å². The maximum Gasteiger partial charge on any atom is 0.417 e. The first-order valence-corrected chi connectivity index (χ1v) is 8.57. The van der Waals surface area contributed by atoms with E-state index in [-0.39, 0.29) is 5.69 Å². The maximum atomic E-state index is 12.8. The van der Waals surface area contributed by atoms with E-state index in [0.717, 1.165) is 17.7 Å². The normalized spacial score (nSPS) is 11.7. The van der Waals surface area contributed by atoms with Crippen molar-refractivity contribution in [3.05, 3.63) is 64.2 Å². The zero-order valence-corrected chi connectivity index (χ0v) is 15.7. The molecule has 0 aliphatic carbocycles. The van der Waals surface area contributed by atoms with Crippen LogP contribution in [-0.4, -0.2) is 18.0 Å². The number of hydrogen-bond acceptors (Lipinski definition) is 3. The van der Waals surface area contributed by atoms with Crippen LogP contribution in [0, 0.1) is 0 Å². The van der Waals surface area contributed by atoms with Gasteiger partial charge in [-0.15, -0.1) is 0 Å². The summed E-state index contributed by atoms with van der Waals surface area (Å²) < 4.78 is 38.5. The summed E-state index contributed by atoms with van der Waals surface area (Å²) in [4.78, 5) is 23.6. The highest BCUT2D eigenvalue weighted by Crippen LogP contribution is 2.36. The highest BCUT2D eigenvalue weighted by molar-refractivity contribution is 6.39. The first-order valence-electron chi connectivity index (χ1n) is 8.19. The van der Waals surface area contributed by atoms with Gasteiger partial charge in [0.05, 0.1) is 16.8 Å². The van der Waals surface area contributed by atoms with Crippen molar-refractivity contribution in [1.29, 1.82) is 0 Å². The number of carbonyl (C=O) groups is 2. The molecule has 2 aromatic rings. The second-order valence-corrected chi connectivity index (χ2v) is 6.57. The van der Waals surface area contributed by atoms with Gasteiger partial charge in [-0.3, -0.25) is 9.59 Å². The van der Waals surface area contributed by atoms with Crippen molar-refractivity contribution in [2.24, 2.45) is 5.10 Å². The van der Waals surface area contributed by atoms with Crippen LogP contribution in [0.4, 0.5) is 18.9 Å². The molecule has 2 rings (SSSR count). The lowest BCUT2D eigenvalue weighted by Gasteiger charge is -2.11. The maximum absolute atomic E-state index is 12.8. The molecule has 0 saturated carbocycles. The average molecular weight is 412 g/mol. The lowest BCUT2D eigenvalue weighted by atomic mass is 10.0. The number of alkyl halides is 3. The highest BCUT2D eigenvalue weighted by atomic mass is 35.5. The van der Waals surface area contributed by atoms with Crippen molar-refractivity contribution >= 4 is 35.3 Å². The van der Waals surface area contributed by atoms with Crippen LogP contribution in [0.3, 0.4) is 0 Å². The summed E-state index contributed by atoms with van der Waals surface area (Å²) in [6.45, 7) is 4.11. The van der Waals surface area contributed by atoms with Crippen LogP contribution in [0.5, 0.6) is 0 Å². The van der Waals surface area contributed by atoms with Gasteiger partial charge in [0.15, 0.2) is 0 Å². The van der Waals surface area contributed by atoms with Crippen LogP contribution in [0.15, 0.2) is 47.6 Å². The summed E-state index contributed by atoms with van der Waals surface area (Å²) in [6, 6.07) is 10.2. The van der Waals surface area contributed by atoms with Crippen molar-refractivity contribution in [2.45, 2.75) is 25.9 Å². The fraction of sp³-hybridized carbons (Fsp3) is 0.211. The first-order chi connectivity index (χ1) is 13.1. The van der Waals surface area contributed by atoms with Gasteiger partial charge in [0.2, 0.25) is 0 Å². The largest absolute Gasteiger partial charge is 0.417 e. The second-order valence-electron chi connectivity index (χ2n) is 6.17. The zero-order chi connectivity index (χ0) is 20.9. The minimum absolute atomic E-state index is 0.217. The Hall–Kier alpha value is -2.87. The second kappa shape index (κ2) is 8.88. The van der Waals surface area contributed by atoms with E-state index in [2.05, 4.69) is 24.3 Å². The topological polar surface area (TPSA) is 70.6 Å². The number of benzene rings is 2. The van der Waals surface area contributed by atoms with Crippen molar-refractivity contribution < 1.29 is 22.8 Å². The Labute approximate surface area is 164 Å². The van der Waals surface area contributed by atoms with Gasteiger partial charge < -0.3 is 5.32 Å². The molecule has 5 nitrogen and oxygen atoms in total. The molecule has 148 valence electrons. The molecule has 28 heavy (non-hydrogen) atoms. The SMILES string of the molecule is CC(C)c1ccc(/C=N/NC(=O)C(=O)Nc2ccc(Cl)c(C(F)(F)F)c2)cc1. The molecule has 2 N–H and O–H groups in total. The van der Waals surface area contributed by atoms with Crippen molar-refractivity contribution in [3.8, 4) is 0 Å². The van der Waals surface area contributed by atoms with E-state index in [1.807, 2.05) is 17.6 Å². The summed E-state index contributed by atoms with van der Waals surface area (Å²) in [6.07, 6.45) is -3.34. The number of hydrogen-bond donors (Lipinski definition) is 2. The summed E-state index contributed by atoms with van der Waals surface area (Å²) >= 11 is 5.50. The molecule has 0 atom stereocenters. The standard InChI is InChI=1S/C19H17ClF3N3O2/c1-11(2)13-5-3-12(4-6-13)10-24-26-18(28)17(27)25-14-7-8-16(20)15(9-14)19(21,22)23/h3-11H,1-2H3,(H,25,27)(H,26,28)/b24-10+. The Morgan fingerprint density at radius 2 is 1.71 bits per heavy atom. The molecule has 0 radical (unpaired) electrons. The number of rotatable bonds is 4. The van der Waals surface area contributed by atoms with Gasteiger partial charge in [-0.1, -0.05) is 49.7 Å². The van der Waals surface area contributed by atoms with Crippen LogP contribution in [0.1, 0.15) is 36.5 Å². The minimum atomic E-state index is -4.69. The van der Waals surface area contributed by atoms with Crippen LogP contribution >= 0.6 is 11.6 Å². The highest BCUT2D eigenvalue weighted by Gasteiger charge is 2.33. The Balaban J connectivity index is 1.97. The van der Waals surface area contributed by atoms with E-state index in [9.17, 15) is 22.8 Å². The quantitative estimate of drug-likeness (QED) is 0.439. The molecular formula is C19H17ClF3N3O2. The molecule has 0 fully saturated rings. The lowest BCUT2D eigenvalue weighted by Crippen LogP contribution is -2.32. The molecule has 2 amide bonds. The van der Waals surface area contributed by atoms with E-state index in [4.69, 9.17) is 11.6 Å². The van der Waals surface area contributed by atoms with Gasteiger partial charge in [0, 0.05) is 5.69 Å². The average Bonchev–Trinajstić information content (AvgIpc) is 2.62. The van der Waals surface area contributed by atoms with Crippen LogP contribution < -0.4 is 10.7 Å². The van der Waals surface area contributed by atoms with E-state index in [0.29, 0.717) is 17.5 Å². The predicted octanol–water partition coefficient (Wildman–Crippen LogP) is 4.57. The fourth-order valence-electron chi connectivity index (χ4n) is 2.19. The number of nitrogens with one attached hydrogen (secondary N) is 2. The van der Waals surface area contributed by atoms with Crippen molar-refractivity contribution in [3.63, 3.8) is 0 Å². The van der Waals surface area contributed by atoms with Gasteiger partial charge in [0.25, 0.3) is 0 Å². The molecule has 0 aliphatic rings. The summed E-state index contributed by atoms with van der Waals surface area (Å²) in [5.74, 6) is -1.92. The first kappa shape index (κ1) is 21.4. The van der Waals surface area contributed by atoms with Gasteiger partial charge in [0.1, 0.15) is 0 Å². The zero-order valence-electron chi connectivity index (χ0n) is 15.0. The van der Waals surface area contributed by atoms with E-state index >= 15 is 0 Å². The molecule has 9 heteroatoms. The van der Waals surface area contributed by atoms with Gasteiger partial charge in [-0.2, -0.15) is 18.3 Å². The molecule has 0 bridgehead atoms. The Morgan fingerprint density at radius 3 is 2.29 bits per heavy atom. The van der Waals surface area contributed by atoms with E-state index in [1.165, 1.54) is 6.21 Å². The number of carbonyl (C=O) groups excluding carboxylic acids is 2. The lowest BCUT2D eigenvalue weighted by molar-refractivity contribution is -0.137. The predicted molar refractivity (Wildman–Crippen MR) is 101 cm³/mol. The van der Waals surface area contributed by atoms with E-state index in [1.54, 1.807) is 12.1 Å². The third-order valence-electron chi connectivity index (χ3n) is 3.72. The van der Waals surface area contributed by atoms with Crippen LogP contribution in [0.25, 0.3) is 0 Å². The van der Waals surface area contributed by atoms with E-state index < -0.39 is 28.6 Å². The van der Waals surface area contributed by atoms with Gasteiger partial charge >= 0.3 is 18.0 Å². The van der Waals surface area contributed by atoms with Crippen molar-refractivity contribution in [1.82, 2.24) is 5.43 Å². The molecular weight excluding hydrogens is 395 g/mol. The molecule has 0 unspecified atom stereocenters. The number of hydrazone groups is 1. The minimum Gasteiger partial charge on any atom is -0.318 e. The summed E-state index contributed by atoms with van der Waals surface area (Å²) in [7, 11) is 0.